The summed E-state index contributed by atoms with van der Waals surface area (Å²) >= 11 is 0. The van der Waals surface area contributed by atoms with Gasteiger partial charge in [0.1, 0.15) is 6.61 Å². The zero-order valence-electron chi connectivity index (χ0n) is 9.71. The number of ether oxygens (including phenoxy) is 1. The highest BCUT2D eigenvalue weighted by Gasteiger charge is 2.14. The van der Waals surface area contributed by atoms with Crippen LogP contribution >= 0.6 is 0 Å². The van der Waals surface area contributed by atoms with Crippen LogP contribution in [0.3, 0.4) is 0 Å². The van der Waals surface area contributed by atoms with Gasteiger partial charge in [0.25, 0.3) is 5.89 Å². The van der Waals surface area contributed by atoms with E-state index in [4.69, 9.17) is 19.5 Å². The smallest absolute Gasteiger partial charge is 0.280 e. The lowest BCUT2D eigenvalue weighted by Crippen LogP contribution is -2.18. The van der Waals surface area contributed by atoms with Crippen molar-refractivity contribution in [1.29, 1.82) is 0 Å². The Hall–Kier alpha value is -1.73. The van der Waals surface area contributed by atoms with Crippen molar-refractivity contribution in [2.75, 3.05) is 7.11 Å². The molecule has 7 nitrogen and oxygen atoms in total. The topological polar surface area (TPSA) is 100 Å². The summed E-state index contributed by atoms with van der Waals surface area (Å²) in [4.78, 5) is 4.17. The zero-order valence-corrected chi connectivity index (χ0v) is 9.71. The van der Waals surface area contributed by atoms with Crippen LogP contribution in [0.25, 0.3) is 11.6 Å². The van der Waals surface area contributed by atoms with E-state index in [1.807, 2.05) is 6.92 Å². The van der Waals surface area contributed by atoms with Crippen molar-refractivity contribution in [2.24, 2.45) is 5.73 Å². The highest BCUT2D eigenvalue weighted by Crippen LogP contribution is 2.17. The van der Waals surface area contributed by atoms with Crippen molar-refractivity contribution in [3.63, 3.8) is 0 Å². The van der Waals surface area contributed by atoms with E-state index in [2.05, 4.69) is 15.3 Å². The van der Waals surface area contributed by atoms with Crippen LogP contribution < -0.4 is 5.73 Å². The second-order valence-electron chi connectivity index (χ2n) is 3.81. The molecule has 7 heteroatoms. The van der Waals surface area contributed by atoms with Crippen LogP contribution in [0.1, 0.15) is 18.5 Å². The van der Waals surface area contributed by atoms with Gasteiger partial charge < -0.3 is 19.5 Å². The zero-order chi connectivity index (χ0) is 12.3. The first kappa shape index (κ1) is 11.7. The van der Waals surface area contributed by atoms with Crippen LogP contribution in [0.15, 0.2) is 15.1 Å². The fraction of sp³-hybridized carbons (Fsp3) is 0.500. The molecule has 17 heavy (non-hydrogen) atoms. The van der Waals surface area contributed by atoms with Crippen LogP contribution in [-0.4, -0.2) is 28.4 Å². The van der Waals surface area contributed by atoms with E-state index in [1.54, 1.807) is 13.2 Å². The van der Waals surface area contributed by atoms with E-state index < -0.39 is 0 Å². The quantitative estimate of drug-likeness (QED) is 0.820. The summed E-state index contributed by atoms with van der Waals surface area (Å²) in [6.07, 6.45) is 0.562. The summed E-state index contributed by atoms with van der Waals surface area (Å²) in [5.41, 5.74) is 6.14. The first-order valence-electron chi connectivity index (χ1n) is 5.22. The van der Waals surface area contributed by atoms with Gasteiger partial charge in [-0.25, -0.2) is 0 Å². The lowest BCUT2D eigenvalue weighted by atomic mass is 10.2. The molecule has 0 aliphatic carbocycles. The van der Waals surface area contributed by atoms with Gasteiger partial charge >= 0.3 is 0 Å². The van der Waals surface area contributed by atoms with Gasteiger partial charge in [-0.05, 0) is 6.92 Å². The first-order chi connectivity index (χ1) is 8.19. The lowest BCUT2D eigenvalue weighted by Gasteiger charge is -1.96. The van der Waals surface area contributed by atoms with Crippen LogP contribution in [0, 0.1) is 0 Å². The average Bonchev–Trinajstić information content (AvgIpc) is 2.86. The molecule has 0 fully saturated rings. The molecule has 0 bridgehead atoms. The Morgan fingerprint density at radius 2 is 2.24 bits per heavy atom. The molecule has 0 saturated heterocycles. The van der Waals surface area contributed by atoms with Gasteiger partial charge in [-0.1, -0.05) is 10.3 Å². The highest BCUT2D eigenvalue weighted by atomic mass is 16.5. The second kappa shape index (κ2) is 5.07. The van der Waals surface area contributed by atoms with Gasteiger partial charge in [0.2, 0.25) is 0 Å². The van der Waals surface area contributed by atoms with Gasteiger partial charge in [0.15, 0.2) is 17.3 Å². The largest absolute Gasteiger partial charge is 0.377 e. The summed E-state index contributed by atoms with van der Waals surface area (Å²) < 4.78 is 15.0. The Labute approximate surface area is 97.9 Å². The molecule has 0 amide bonds. The fourth-order valence-corrected chi connectivity index (χ4v) is 1.35. The van der Waals surface area contributed by atoms with Gasteiger partial charge in [0, 0.05) is 25.6 Å². The van der Waals surface area contributed by atoms with Crippen molar-refractivity contribution in [2.45, 2.75) is 26.0 Å². The van der Waals surface area contributed by atoms with Gasteiger partial charge in [-0.2, -0.15) is 4.98 Å². The number of nitrogens with zero attached hydrogens (tertiary/aromatic N) is 3. The van der Waals surface area contributed by atoms with E-state index in [0.29, 0.717) is 36.2 Å². The normalized spacial score (nSPS) is 12.9. The molecule has 1 unspecified atom stereocenters. The summed E-state index contributed by atoms with van der Waals surface area (Å²) in [6.45, 7) is 2.23. The van der Waals surface area contributed by atoms with Crippen LogP contribution in [-0.2, 0) is 17.8 Å². The Morgan fingerprint density at radius 3 is 2.94 bits per heavy atom. The monoisotopic (exact) mass is 238 g/mol. The molecule has 1 atom stereocenters. The molecule has 92 valence electrons. The van der Waals surface area contributed by atoms with E-state index in [1.165, 1.54) is 0 Å². The third-order valence-electron chi connectivity index (χ3n) is 2.04. The van der Waals surface area contributed by atoms with Crippen molar-refractivity contribution < 1.29 is 13.8 Å². The van der Waals surface area contributed by atoms with Crippen molar-refractivity contribution in [3.8, 4) is 11.6 Å². The molecule has 2 aromatic heterocycles. The minimum atomic E-state index is -0.0122. The molecular formula is C10H14N4O3. The standard InChI is InChI=1S/C10H14N4O3/c1-6(11)3-9-12-10(17-14-9)8-4-7(5-15-2)16-13-8/h4,6H,3,5,11H2,1-2H3. The molecule has 0 aromatic carbocycles. The Morgan fingerprint density at radius 1 is 1.41 bits per heavy atom. The predicted octanol–water partition coefficient (Wildman–Crippen LogP) is 0.761. The number of hydrogen-bond donors (Lipinski definition) is 1. The molecule has 0 spiro atoms. The molecule has 0 radical (unpaired) electrons. The number of methoxy groups -OCH3 is 1. The Bertz CT molecular complexity index is 477. The summed E-state index contributed by atoms with van der Waals surface area (Å²) in [5.74, 6) is 1.49. The molecule has 2 N–H and O–H groups in total. The van der Waals surface area contributed by atoms with Gasteiger partial charge in [-0.3, -0.25) is 0 Å². The van der Waals surface area contributed by atoms with Crippen molar-refractivity contribution in [1.82, 2.24) is 15.3 Å². The Balaban J connectivity index is 2.12. The SMILES string of the molecule is COCc1cc(-c2nc(CC(C)N)no2)no1. The van der Waals surface area contributed by atoms with E-state index >= 15 is 0 Å². The molecule has 2 heterocycles. The van der Waals surface area contributed by atoms with Crippen LogP contribution in [0.2, 0.25) is 0 Å². The summed E-state index contributed by atoms with van der Waals surface area (Å²) in [5, 5.41) is 7.62. The number of hydrogen-bond acceptors (Lipinski definition) is 7. The number of nitrogens with two attached hydrogens (primary N) is 1. The van der Waals surface area contributed by atoms with Crippen LogP contribution in [0.5, 0.6) is 0 Å². The maximum absolute atomic E-state index is 5.64. The summed E-state index contributed by atoms with van der Waals surface area (Å²) in [7, 11) is 1.58. The third-order valence-corrected chi connectivity index (χ3v) is 2.04. The van der Waals surface area contributed by atoms with E-state index in [-0.39, 0.29) is 6.04 Å². The minimum absolute atomic E-state index is 0.0122. The van der Waals surface area contributed by atoms with Gasteiger partial charge in [0.05, 0.1) is 0 Å². The second-order valence-corrected chi connectivity index (χ2v) is 3.81. The van der Waals surface area contributed by atoms with E-state index in [0.717, 1.165) is 0 Å². The minimum Gasteiger partial charge on any atom is -0.377 e. The van der Waals surface area contributed by atoms with Gasteiger partial charge in [-0.15, -0.1) is 0 Å². The fourth-order valence-electron chi connectivity index (χ4n) is 1.35. The highest BCUT2D eigenvalue weighted by molar-refractivity contribution is 5.45. The first-order valence-corrected chi connectivity index (χ1v) is 5.22. The predicted molar refractivity (Wildman–Crippen MR) is 57.9 cm³/mol. The molecule has 0 aliphatic heterocycles. The maximum Gasteiger partial charge on any atom is 0.280 e. The van der Waals surface area contributed by atoms with Crippen LogP contribution in [0.4, 0.5) is 0 Å². The van der Waals surface area contributed by atoms with Crippen molar-refractivity contribution in [3.05, 3.63) is 17.7 Å². The third kappa shape index (κ3) is 2.89. The summed E-state index contributed by atoms with van der Waals surface area (Å²) in [6, 6.07) is 1.69. The lowest BCUT2D eigenvalue weighted by molar-refractivity contribution is 0.156. The van der Waals surface area contributed by atoms with Crippen molar-refractivity contribution >= 4 is 0 Å². The van der Waals surface area contributed by atoms with E-state index in [9.17, 15) is 0 Å². The average molecular weight is 238 g/mol. The number of aromatic nitrogens is 3. The molecule has 2 rings (SSSR count). The molecule has 2 aromatic rings. The molecule has 0 aliphatic rings. The number of rotatable bonds is 5. The molecular weight excluding hydrogens is 224 g/mol. The maximum atomic E-state index is 5.64. The Kier molecular flexibility index (Phi) is 3.50. The molecule has 0 saturated carbocycles.